The van der Waals surface area contributed by atoms with E-state index in [-0.39, 0.29) is 5.91 Å². The number of hydrogen-bond acceptors (Lipinski definition) is 6. The summed E-state index contributed by atoms with van der Waals surface area (Å²) in [4.78, 5) is 32.3. The monoisotopic (exact) mass is 500 g/mol. The Bertz CT molecular complexity index is 1250. The summed E-state index contributed by atoms with van der Waals surface area (Å²) in [6, 6.07) is 16.5. The normalized spacial score (nSPS) is 18.1. The highest BCUT2D eigenvalue weighted by Crippen LogP contribution is 2.32. The van der Waals surface area contributed by atoms with Gasteiger partial charge in [-0.1, -0.05) is 24.3 Å². The Kier molecular flexibility index (Phi) is 6.64. The summed E-state index contributed by atoms with van der Waals surface area (Å²) >= 11 is 0. The maximum Gasteiger partial charge on any atom is 0.254 e. The first-order valence-corrected chi connectivity index (χ1v) is 13.4. The molecule has 0 saturated carbocycles. The van der Waals surface area contributed by atoms with Crippen molar-refractivity contribution in [1.29, 1.82) is 0 Å². The molecule has 0 N–H and O–H groups in total. The number of rotatable bonds is 4. The van der Waals surface area contributed by atoms with Crippen molar-refractivity contribution < 1.29 is 9.18 Å². The number of nitrogens with zero attached hydrogens (tertiary/aromatic N) is 6. The van der Waals surface area contributed by atoms with Gasteiger partial charge in [0.25, 0.3) is 5.91 Å². The molecule has 2 aromatic carbocycles. The molecule has 4 heterocycles. The molecule has 3 aliphatic heterocycles. The Balaban J connectivity index is 1.26. The highest BCUT2D eigenvalue weighted by molar-refractivity contribution is 5.94. The summed E-state index contributed by atoms with van der Waals surface area (Å²) in [5.74, 6) is 1.24. The molecule has 192 valence electrons. The van der Waals surface area contributed by atoms with Gasteiger partial charge in [-0.25, -0.2) is 9.37 Å². The summed E-state index contributed by atoms with van der Waals surface area (Å²) in [5, 5.41) is 0. The molecule has 3 aliphatic rings. The van der Waals surface area contributed by atoms with Crippen molar-refractivity contribution in [2.45, 2.75) is 32.2 Å². The molecule has 1 aromatic heterocycles. The molecule has 8 heteroatoms. The average Bonchev–Trinajstić information content (AvgIpc) is 2.97. The highest BCUT2D eigenvalue weighted by Gasteiger charge is 2.30. The second-order valence-electron chi connectivity index (χ2n) is 10.1. The number of hydrogen-bond donors (Lipinski definition) is 0. The first kappa shape index (κ1) is 23.7. The molecule has 1 amide bonds. The summed E-state index contributed by atoms with van der Waals surface area (Å²) in [5.41, 5.74) is 3.73. The van der Waals surface area contributed by atoms with Gasteiger partial charge in [0.15, 0.2) is 0 Å². The quantitative estimate of drug-likeness (QED) is 0.537. The number of fused-ring (bicyclic) bond motifs is 1. The number of para-hydroxylation sites is 1. The molecule has 2 saturated heterocycles. The maximum absolute atomic E-state index is 13.8. The van der Waals surface area contributed by atoms with Crippen molar-refractivity contribution in [2.75, 3.05) is 60.5 Å². The van der Waals surface area contributed by atoms with E-state index in [1.165, 1.54) is 24.2 Å². The number of anilines is 3. The zero-order chi connectivity index (χ0) is 25.2. The predicted molar refractivity (Wildman–Crippen MR) is 144 cm³/mol. The van der Waals surface area contributed by atoms with Crippen LogP contribution in [-0.2, 0) is 13.0 Å². The molecule has 0 radical (unpaired) electrons. The van der Waals surface area contributed by atoms with Gasteiger partial charge in [0.1, 0.15) is 11.6 Å². The second-order valence-corrected chi connectivity index (χ2v) is 10.1. The molecule has 3 aromatic rings. The van der Waals surface area contributed by atoms with Crippen LogP contribution in [-0.4, -0.2) is 66.6 Å². The van der Waals surface area contributed by atoms with Crippen LogP contribution in [0.15, 0.2) is 54.6 Å². The van der Waals surface area contributed by atoms with Gasteiger partial charge < -0.3 is 19.6 Å². The van der Waals surface area contributed by atoms with Gasteiger partial charge in [0, 0.05) is 69.0 Å². The van der Waals surface area contributed by atoms with Gasteiger partial charge in [-0.2, -0.15) is 4.98 Å². The number of piperazine rings is 1. The standard InChI is InChI=1S/C29H33FN6O/c30-23-9-7-8-22(20-23)28(37)36-15-12-26-25(21-36)27(34-13-5-2-6-14-34)32-29(31-26)35-18-16-33(17-19-35)24-10-3-1-4-11-24/h1,3-4,7-11,20H,2,5-6,12-19,21H2. The van der Waals surface area contributed by atoms with Crippen LogP contribution in [0.5, 0.6) is 0 Å². The molecule has 0 atom stereocenters. The van der Waals surface area contributed by atoms with Crippen LogP contribution in [0.3, 0.4) is 0 Å². The van der Waals surface area contributed by atoms with Crippen molar-refractivity contribution in [3.05, 3.63) is 77.2 Å². The van der Waals surface area contributed by atoms with Crippen LogP contribution in [0.25, 0.3) is 0 Å². The minimum atomic E-state index is -0.391. The Labute approximate surface area is 217 Å². The lowest BCUT2D eigenvalue weighted by molar-refractivity contribution is 0.0733. The Morgan fingerprint density at radius 2 is 1.51 bits per heavy atom. The second kappa shape index (κ2) is 10.4. The molecule has 0 spiro atoms. The van der Waals surface area contributed by atoms with Crippen molar-refractivity contribution in [1.82, 2.24) is 14.9 Å². The average molecular weight is 501 g/mol. The highest BCUT2D eigenvalue weighted by atomic mass is 19.1. The molecule has 2 fully saturated rings. The number of piperidine rings is 1. The Morgan fingerprint density at radius 3 is 2.27 bits per heavy atom. The van der Waals surface area contributed by atoms with E-state index in [4.69, 9.17) is 9.97 Å². The fourth-order valence-corrected chi connectivity index (χ4v) is 5.67. The molecule has 37 heavy (non-hydrogen) atoms. The molecular weight excluding hydrogens is 467 g/mol. The molecule has 6 rings (SSSR count). The summed E-state index contributed by atoms with van der Waals surface area (Å²) in [6.45, 7) is 6.58. The molecular formula is C29H33FN6O. The van der Waals surface area contributed by atoms with Crippen LogP contribution in [0, 0.1) is 5.82 Å². The van der Waals surface area contributed by atoms with E-state index in [0.29, 0.717) is 25.1 Å². The van der Waals surface area contributed by atoms with Crippen LogP contribution >= 0.6 is 0 Å². The first-order valence-electron chi connectivity index (χ1n) is 13.4. The summed E-state index contributed by atoms with van der Waals surface area (Å²) in [7, 11) is 0. The lowest BCUT2D eigenvalue weighted by Crippen LogP contribution is -2.47. The summed E-state index contributed by atoms with van der Waals surface area (Å²) in [6.07, 6.45) is 4.21. The van der Waals surface area contributed by atoms with Crippen LogP contribution < -0.4 is 14.7 Å². The van der Waals surface area contributed by atoms with Crippen molar-refractivity contribution >= 4 is 23.4 Å². The smallest absolute Gasteiger partial charge is 0.254 e. The number of carbonyl (C=O) groups is 1. The van der Waals surface area contributed by atoms with Gasteiger partial charge >= 0.3 is 0 Å². The fourth-order valence-electron chi connectivity index (χ4n) is 5.67. The van der Waals surface area contributed by atoms with E-state index in [1.54, 1.807) is 12.1 Å². The number of aromatic nitrogens is 2. The lowest BCUT2D eigenvalue weighted by atomic mass is 10.0. The van der Waals surface area contributed by atoms with E-state index < -0.39 is 5.82 Å². The van der Waals surface area contributed by atoms with Gasteiger partial charge in [0.2, 0.25) is 5.95 Å². The van der Waals surface area contributed by atoms with Crippen molar-refractivity contribution in [3.63, 3.8) is 0 Å². The number of benzene rings is 2. The largest absolute Gasteiger partial charge is 0.368 e. The number of amides is 1. The van der Waals surface area contributed by atoms with Crippen LogP contribution in [0.1, 0.15) is 40.9 Å². The van der Waals surface area contributed by atoms with Crippen LogP contribution in [0.4, 0.5) is 21.8 Å². The van der Waals surface area contributed by atoms with Crippen molar-refractivity contribution in [2.24, 2.45) is 0 Å². The SMILES string of the molecule is O=C(c1cccc(F)c1)N1CCc2nc(N3CCN(c4ccccc4)CC3)nc(N3CCCCC3)c2C1. The lowest BCUT2D eigenvalue weighted by Gasteiger charge is -2.38. The van der Waals surface area contributed by atoms with Gasteiger partial charge in [-0.3, -0.25) is 4.79 Å². The third-order valence-electron chi connectivity index (χ3n) is 7.72. The van der Waals surface area contributed by atoms with E-state index in [9.17, 15) is 9.18 Å². The third-order valence-corrected chi connectivity index (χ3v) is 7.72. The molecule has 0 unspecified atom stereocenters. The number of halogens is 1. The minimum Gasteiger partial charge on any atom is -0.368 e. The van der Waals surface area contributed by atoms with E-state index in [2.05, 4.69) is 45.0 Å². The number of carbonyl (C=O) groups excluding carboxylic acids is 1. The first-order chi connectivity index (χ1) is 18.2. The topological polar surface area (TPSA) is 55.8 Å². The van der Waals surface area contributed by atoms with Crippen molar-refractivity contribution in [3.8, 4) is 0 Å². The Morgan fingerprint density at radius 1 is 0.757 bits per heavy atom. The van der Waals surface area contributed by atoms with E-state index >= 15 is 0 Å². The summed E-state index contributed by atoms with van der Waals surface area (Å²) < 4.78 is 13.8. The zero-order valence-corrected chi connectivity index (χ0v) is 21.2. The van der Waals surface area contributed by atoms with Gasteiger partial charge in [-0.15, -0.1) is 0 Å². The molecule has 0 bridgehead atoms. The molecule has 0 aliphatic carbocycles. The fraction of sp³-hybridized carbons (Fsp3) is 0.414. The van der Waals surface area contributed by atoms with Gasteiger partial charge in [0.05, 0.1) is 12.2 Å². The minimum absolute atomic E-state index is 0.143. The third kappa shape index (κ3) is 4.97. The van der Waals surface area contributed by atoms with Crippen LogP contribution in [0.2, 0.25) is 0 Å². The Hall–Kier alpha value is -3.68. The van der Waals surface area contributed by atoms with E-state index in [0.717, 1.165) is 75.1 Å². The molecule has 7 nitrogen and oxygen atoms in total. The predicted octanol–water partition coefficient (Wildman–Crippen LogP) is 4.13. The maximum atomic E-state index is 13.8. The van der Waals surface area contributed by atoms with Gasteiger partial charge in [-0.05, 0) is 49.6 Å². The zero-order valence-electron chi connectivity index (χ0n) is 21.2. The van der Waals surface area contributed by atoms with E-state index in [1.807, 2.05) is 4.90 Å².